The first kappa shape index (κ1) is 16.4. The molecule has 1 amide bonds. The molecule has 20 heavy (non-hydrogen) atoms. The van der Waals surface area contributed by atoms with Crippen LogP contribution in [0.3, 0.4) is 0 Å². The SMILES string of the molecule is CCN(CC(=O)NC(C)C)C(C)c1cc(F)ccc1O. The molecule has 0 bridgehead atoms. The van der Waals surface area contributed by atoms with Gasteiger partial charge in [0.05, 0.1) is 6.54 Å². The fourth-order valence-electron chi connectivity index (χ4n) is 2.13. The Morgan fingerprint density at radius 1 is 1.40 bits per heavy atom. The lowest BCUT2D eigenvalue weighted by atomic mass is 10.1. The van der Waals surface area contributed by atoms with Gasteiger partial charge in [0.25, 0.3) is 0 Å². The highest BCUT2D eigenvalue weighted by Crippen LogP contribution is 2.28. The molecule has 0 aliphatic carbocycles. The number of hydrogen-bond acceptors (Lipinski definition) is 3. The van der Waals surface area contributed by atoms with Gasteiger partial charge in [-0.25, -0.2) is 4.39 Å². The van der Waals surface area contributed by atoms with E-state index in [-0.39, 0.29) is 30.3 Å². The van der Waals surface area contributed by atoms with E-state index in [9.17, 15) is 14.3 Å². The minimum absolute atomic E-state index is 0.0432. The highest BCUT2D eigenvalue weighted by atomic mass is 19.1. The number of likely N-dealkylation sites (N-methyl/N-ethyl adjacent to an activating group) is 1. The number of rotatable bonds is 6. The van der Waals surface area contributed by atoms with E-state index in [0.717, 1.165) is 0 Å². The molecule has 0 aliphatic rings. The molecule has 0 aromatic heterocycles. The van der Waals surface area contributed by atoms with Gasteiger partial charge < -0.3 is 10.4 Å². The summed E-state index contributed by atoms with van der Waals surface area (Å²) in [6.07, 6.45) is 0. The third kappa shape index (κ3) is 4.49. The summed E-state index contributed by atoms with van der Waals surface area (Å²) in [5.74, 6) is -0.432. The summed E-state index contributed by atoms with van der Waals surface area (Å²) in [6.45, 7) is 8.41. The summed E-state index contributed by atoms with van der Waals surface area (Å²) >= 11 is 0. The van der Waals surface area contributed by atoms with Gasteiger partial charge in [0, 0.05) is 17.6 Å². The molecule has 0 aliphatic heterocycles. The van der Waals surface area contributed by atoms with Crippen molar-refractivity contribution in [1.82, 2.24) is 10.2 Å². The number of hydrogen-bond donors (Lipinski definition) is 2. The fourth-order valence-corrected chi connectivity index (χ4v) is 2.13. The Bertz CT molecular complexity index is 463. The van der Waals surface area contributed by atoms with Gasteiger partial charge in [0.2, 0.25) is 5.91 Å². The van der Waals surface area contributed by atoms with Crippen LogP contribution in [0.15, 0.2) is 18.2 Å². The minimum atomic E-state index is -0.396. The van der Waals surface area contributed by atoms with Crippen molar-refractivity contribution in [2.75, 3.05) is 13.1 Å². The van der Waals surface area contributed by atoms with Crippen LogP contribution in [0.5, 0.6) is 5.75 Å². The van der Waals surface area contributed by atoms with Crippen LogP contribution in [0.4, 0.5) is 4.39 Å². The zero-order chi connectivity index (χ0) is 15.3. The van der Waals surface area contributed by atoms with E-state index in [1.54, 1.807) is 0 Å². The Labute approximate surface area is 119 Å². The lowest BCUT2D eigenvalue weighted by Gasteiger charge is -2.28. The van der Waals surface area contributed by atoms with Crippen LogP contribution in [0.25, 0.3) is 0 Å². The lowest BCUT2D eigenvalue weighted by molar-refractivity contribution is -0.123. The van der Waals surface area contributed by atoms with E-state index in [0.29, 0.717) is 12.1 Å². The second-order valence-corrected chi connectivity index (χ2v) is 5.16. The van der Waals surface area contributed by atoms with Crippen LogP contribution in [0.1, 0.15) is 39.3 Å². The molecule has 1 rings (SSSR count). The molecule has 112 valence electrons. The first-order valence-corrected chi connectivity index (χ1v) is 6.87. The second-order valence-electron chi connectivity index (χ2n) is 5.16. The van der Waals surface area contributed by atoms with Crippen LogP contribution >= 0.6 is 0 Å². The topological polar surface area (TPSA) is 52.6 Å². The number of benzene rings is 1. The van der Waals surface area contributed by atoms with Gasteiger partial charge in [0.15, 0.2) is 0 Å². The zero-order valence-electron chi connectivity index (χ0n) is 12.5. The van der Waals surface area contributed by atoms with E-state index in [2.05, 4.69) is 5.32 Å². The minimum Gasteiger partial charge on any atom is -0.508 e. The van der Waals surface area contributed by atoms with Gasteiger partial charge in [-0.15, -0.1) is 0 Å². The van der Waals surface area contributed by atoms with E-state index in [4.69, 9.17) is 0 Å². The summed E-state index contributed by atoms with van der Waals surface area (Å²) in [5, 5.41) is 12.7. The largest absolute Gasteiger partial charge is 0.508 e. The number of nitrogens with zero attached hydrogens (tertiary/aromatic N) is 1. The molecule has 1 atom stereocenters. The normalized spacial score (nSPS) is 12.8. The van der Waals surface area contributed by atoms with Gasteiger partial charge in [-0.2, -0.15) is 0 Å². The van der Waals surface area contributed by atoms with Crippen LogP contribution in [0, 0.1) is 5.82 Å². The van der Waals surface area contributed by atoms with Gasteiger partial charge in [-0.1, -0.05) is 6.92 Å². The molecule has 1 unspecified atom stereocenters. The summed E-state index contributed by atoms with van der Waals surface area (Å²) in [6, 6.07) is 3.70. The van der Waals surface area contributed by atoms with Gasteiger partial charge in [0.1, 0.15) is 11.6 Å². The third-order valence-electron chi connectivity index (χ3n) is 3.19. The molecule has 0 spiro atoms. The Kier molecular flexibility index (Phi) is 5.95. The quantitative estimate of drug-likeness (QED) is 0.842. The summed E-state index contributed by atoms with van der Waals surface area (Å²) in [5.41, 5.74) is 0.490. The average molecular weight is 282 g/mol. The molecule has 4 nitrogen and oxygen atoms in total. The van der Waals surface area contributed by atoms with E-state index in [1.807, 2.05) is 32.6 Å². The van der Waals surface area contributed by atoms with Crippen LogP contribution in [0.2, 0.25) is 0 Å². The second kappa shape index (κ2) is 7.24. The number of nitrogens with one attached hydrogen (secondary N) is 1. The standard InChI is InChI=1S/C15H23FN2O2/c1-5-18(9-15(20)17-10(2)3)11(4)13-8-12(16)6-7-14(13)19/h6-8,10-11,19H,5,9H2,1-4H3,(H,17,20). The molecule has 0 fully saturated rings. The Morgan fingerprint density at radius 2 is 2.05 bits per heavy atom. The molecule has 0 radical (unpaired) electrons. The molecule has 1 aromatic rings. The third-order valence-corrected chi connectivity index (χ3v) is 3.19. The Morgan fingerprint density at radius 3 is 2.60 bits per heavy atom. The van der Waals surface area contributed by atoms with Crippen molar-refractivity contribution in [3.8, 4) is 5.75 Å². The van der Waals surface area contributed by atoms with E-state index < -0.39 is 5.82 Å². The van der Waals surface area contributed by atoms with Gasteiger partial charge >= 0.3 is 0 Å². The number of halogens is 1. The zero-order valence-corrected chi connectivity index (χ0v) is 12.5. The predicted octanol–water partition coefficient (Wildman–Crippen LogP) is 2.44. The van der Waals surface area contributed by atoms with Crippen LogP contribution < -0.4 is 5.32 Å². The maximum absolute atomic E-state index is 13.3. The number of phenols is 1. The van der Waals surface area contributed by atoms with Crippen molar-refractivity contribution >= 4 is 5.91 Å². The van der Waals surface area contributed by atoms with Gasteiger partial charge in [-0.05, 0) is 45.5 Å². The molecule has 2 N–H and O–H groups in total. The Hall–Kier alpha value is -1.62. The molecule has 1 aromatic carbocycles. The van der Waals surface area contributed by atoms with Crippen molar-refractivity contribution in [3.05, 3.63) is 29.6 Å². The van der Waals surface area contributed by atoms with Crippen molar-refractivity contribution in [3.63, 3.8) is 0 Å². The molecule has 5 heteroatoms. The molecular formula is C15H23FN2O2. The van der Waals surface area contributed by atoms with E-state index in [1.165, 1.54) is 18.2 Å². The van der Waals surface area contributed by atoms with Crippen molar-refractivity contribution in [1.29, 1.82) is 0 Å². The predicted molar refractivity (Wildman–Crippen MR) is 77.0 cm³/mol. The highest BCUT2D eigenvalue weighted by Gasteiger charge is 2.20. The van der Waals surface area contributed by atoms with Crippen molar-refractivity contribution < 1.29 is 14.3 Å². The summed E-state index contributed by atoms with van der Waals surface area (Å²) in [4.78, 5) is 13.7. The number of phenolic OH excluding ortho intramolecular Hbond substituents is 1. The number of amides is 1. The van der Waals surface area contributed by atoms with Crippen molar-refractivity contribution in [2.24, 2.45) is 0 Å². The first-order chi connectivity index (χ1) is 9.35. The summed E-state index contributed by atoms with van der Waals surface area (Å²) in [7, 11) is 0. The van der Waals surface area contributed by atoms with E-state index >= 15 is 0 Å². The monoisotopic (exact) mass is 282 g/mol. The average Bonchev–Trinajstić information content (AvgIpc) is 2.37. The fraction of sp³-hybridized carbons (Fsp3) is 0.533. The Balaban J connectivity index is 2.83. The lowest BCUT2D eigenvalue weighted by Crippen LogP contribution is -2.41. The summed E-state index contributed by atoms with van der Waals surface area (Å²) < 4.78 is 13.3. The van der Waals surface area contributed by atoms with Crippen LogP contribution in [-0.4, -0.2) is 35.0 Å². The van der Waals surface area contributed by atoms with Crippen LogP contribution in [-0.2, 0) is 4.79 Å². The number of carbonyl (C=O) groups excluding carboxylic acids is 1. The maximum Gasteiger partial charge on any atom is 0.234 e. The van der Waals surface area contributed by atoms with Crippen molar-refractivity contribution in [2.45, 2.75) is 39.8 Å². The molecule has 0 heterocycles. The number of aromatic hydroxyl groups is 1. The number of carbonyl (C=O) groups is 1. The molecule has 0 saturated carbocycles. The highest BCUT2D eigenvalue weighted by molar-refractivity contribution is 5.78. The van der Waals surface area contributed by atoms with Gasteiger partial charge in [-0.3, -0.25) is 9.69 Å². The molecule has 0 saturated heterocycles. The maximum atomic E-state index is 13.3. The first-order valence-electron chi connectivity index (χ1n) is 6.87. The smallest absolute Gasteiger partial charge is 0.234 e. The molecular weight excluding hydrogens is 259 g/mol.